The fourth-order valence-corrected chi connectivity index (χ4v) is 1.33. The SMILES string of the molecule is C#CC(C)C(/C=C/c1ccccc1)NOC. The lowest BCUT2D eigenvalue weighted by Gasteiger charge is -2.16. The average Bonchev–Trinajstić information content (AvgIpc) is 2.34. The number of benzene rings is 1. The first-order valence-electron chi connectivity index (χ1n) is 5.26. The molecule has 1 N–H and O–H groups in total. The van der Waals surface area contributed by atoms with E-state index in [1.54, 1.807) is 7.11 Å². The van der Waals surface area contributed by atoms with Crippen molar-refractivity contribution in [3.63, 3.8) is 0 Å². The molecule has 0 aromatic heterocycles. The van der Waals surface area contributed by atoms with Gasteiger partial charge in [0.2, 0.25) is 0 Å². The highest BCUT2D eigenvalue weighted by molar-refractivity contribution is 5.49. The van der Waals surface area contributed by atoms with E-state index in [1.165, 1.54) is 0 Å². The van der Waals surface area contributed by atoms with Crippen LogP contribution in [0, 0.1) is 18.3 Å². The molecule has 2 nitrogen and oxygen atoms in total. The average molecular weight is 215 g/mol. The molecule has 0 bridgehead atoms. The molecule has 0 heterocycles. The zero-order valence-corrected chi connectivity index (χ0v) is 9.68. The Morgan fingerprint density at radius 2 is 2.06 bits per heavy atom. The van der Waals surface area contributed by atoms with Crippen molar-refractivity contribution in [3.8, 4) is 12.3 Å². The first-order valence-corrected chi connectivity index (χ1v) is 5.26. The van der Waals surface area contributed by atoms with Gasteiger partial charge in [0, 0.05) is 5.92 Å². The summed E-state index contributed by atoms with van der Waals surface area (Å²) in [7, 11) is 1.59. The van der Waals surface area contributed by atoms with E-state index in [-0.39, 0.29) is 12.0 Å². The Morgan fingerprint density at radius 3 is 2.62 bits per heavy atom. The summed E-state index contributed by atoms with van der Waals surface area (Å²) in [6.45, 7) is 1.98. The summed E-state index contributed by atoms with van der Waals surface area (Å²) in [6.07, 6.45) is 9.44. The lowest BCUT2D eigenvalue weighted by atomic mass is 10.0. The number of hydrogen-bond acceptors (Lipinski definition) is 2. The molecule has 1 aromatic carbocycles. The fraction of sp³-hybridized carbons (Fsp3) is 0.286. The highest BCUT2D eigenvalue weighted by Gasteiger charge is 2.10. The van der Waals surface area contributed by atoms with E-state index in [4.69, 9.17) is 11.3 Å². The van der Waals surface area contributed by atoms with Gasteiger partial charge in [-0.25, -0.2) is 0 Å². The van der Waals surface area contributed by atoms with E-state index in [1.807, 2.05) is 49.4 Å². The maximum absolute atomic E-state index is 5.39. The van der Waals surface area contributed by atoms with E-state index in [2.05, 4.69) is 11.4 Å². The van der Waals surface area contributed by atoms with Crippen LogP contribution in [0.3, 0.4) is 0 Å². The Bertz CT molecular complexity index is 364. The summed E-state index contributed by atoms with van der Waals surface area (Å²) in [5, 5.41) is 0. The maximum atomic E-state index is 5.39. The number of terminal acetylenes is 1. The second-order valence-corrected chi connectivity index (χ2v) is 3.57. The smallest absolute Gasteiger partial charge is 0.0640 e. The largest absolute Gasteiger partial charge is 0.304 e. The van der Waals surface area contributed by atoms with Gasteiger partial charge in [-0.1, -0.05) is 42.5 Å². The molecule has 0 spiro atoms. The molecule has 2 atom stereocenters. The van der Waals surface area contributed by atoms with Crippen LogP contribution in [0.5, 0.6) is 0 Å². The molecular formula is C14H17NO. The van der Waals surface area contributed by atoms with Crippen LogP contribution in [0.4, 0.5) is 0 Å². The van der Waals surface area contributed by atoms with Gasteiger partial charge in [-0.2, -0.15) is 5.48 Å². The van der Waals surface area contributed by atoms with Gasteiger partial charge >= 0.3 is 0 Å². The second kappa shape index (κ2) is 6.84. The molecule has 2 heteroatoms. The zero-order valence-electron chi connectivity index (χ0n) is 9.68. The summed E-state index contributed by atoms with van der Waals surface area (Å²) in [6, 6.07) is 10.1. The Labute approximate surface area is 97.3 Å². The monoisotopic (exact) mass is 215 g/mol. The van der Waals surface area contributed by atoms with E-state index in [0.29, 0.717) is 0 Å². The van der Waals surface area contributed by atoms with Crippen LogP contribution in [0.15, 0.2) is 36.4 Å². The fourth-order valence-electron chi connectivity index (χ4n) is 1.33. The summed E-state index contributed by atoms with van der Waals surface area (Å²) in [5.74, 6) is 2.78. The summed E-state index contributed by atoms with van der Waals surface area (Å²) >= 11 is 0. The topological polar surface area (TPSA) is 21.3 Å². The van der Waals surface area contributed by atoms with Crippen molar-refractivity contribution in [1.29, 1.82) is 0 Å². The molecular weight excluding hydrogens is 198 g/mol. The molecule has 0 saturated heterocycles. The normalized spacial score (nSPS) is 14.6. The van der Waals surface area contributed by atoms with Gasteiger partial charge in [-0.15, -0.1) is 12.3 Å². The van der Waals surface area contributed by atoms with Gasteiger partial charge in [0.15, 0.2) is 0 Å². The van der Waals surface area contributed by atoms with Gasteiger partial charge in [0.1, 0.15) is 0 Å². The first kappa shape index (κ1) is 12.5. The van der Waals surface area contributed by atoms with Crippen molar-refractivity contribution < 1.29 is 4.84 Å². The zero-order chi connectivity index (χ0) is 11.8. The predicted octanol–water partition coefficient (Wildman–Crippen LogP) is 2.49. The van der Waals surface area contributed by atoms with Gasteiger partial charge in [-0.3, -0.25) is 0 Å². The molecule has 0 aliphatic rings. The van der Waals surface area contributed by atoms with Crippen LogP contribution in [0.25, 0.3) is 6.08 Å². The van der Waals surface area contributed by atoms with E-state index >= 15 is 0 Å². The van der Waals surface area contributed by atoms with Crippen molar-refractivity contribution in [3.05, 3.63) is 42.0 Å². The molecule has 0 radical (unpaired) electrons. The molecule has 2 unspecified atom stereocenters. The quantitative estimate of drug-likeness (QED) is 0.602. The number of nitrogens with one attached hydrogen (secondary N) is 1. The third kappa shape index (κ3) is 3.90. The lowest BCUT2D eigenvalue weighted by molar-refractivity contribution is 0.0658. The second-order valence-electron chi connectivity index (χ2n) is 3.57. The molecule has 0 amide bonds. The Morgan fingerprint density at radius 1 is 1.38 bits per heavy atom. The van der Waals surface area contributed by atoms with Crippen LogP contribution >= 0.6 is 0 Å². The minimum absolute atomic E-state index is 0.0233. The molecule has 0 saturated carbocycles. The molecule has 0 aliphatic heterocycles. The van der Waals surface area contributed by atoms with Crippen molar-refractivity contribution in [2.45, 2.75) is 13.0 Å². The van der Waals surface area contributed by atoms with Crippen molar-refractivity contribution in [2.75, 3.05) is 7.11 Å². The van der Waals surface area contributed by atoms with Crippen molar-refractivity contribution >= 4 is 6.08 Å². The summed E-state index contributed by atoms with van der Waals surface area (Å²) in [5.41, 5.74) is 4.02. The number of hydroxylamine groups is 1. The first-order chi connectivity index (χ1) is 7.77. The van der Waals surface area contributed by atoms with E-state index in [9.17, 15) is 0 Å². The van der Waals surface area contributed by atoms with Crippen LogP contribution in [0.2, 0.25) is 0 Å². The summed E-state index contributed by atoms with van der Waals surface area (Å²) < 4.78 is 0. The minimum atomic E-state index is 0.0233. The maximum Gasteiger partial charge on any atom is 0.0640 e. The van der Waals surface area contributed by atoms with E-state index in [0.717, 1.165) is 5.56 Å². The Kier molecular flexibility index (Phi) is 5.35. The highest BCUT2D eigenvalue weighted by atomic mass is 16.6. The van der Waals surface area contributed by atoms with Crippen LogP contribution in [-0.2, 0) is 4.84 Å². The molecule has 0 aliphatic carbocycles. The standard InChI is InChI=1S/C14H17NO/c1-4-12(2)14(15-16-3)11-10-13-8-6-5-7-9-13/h1,5-12,14-15H,2-3H3/b11-10+. The van der Waals surface area contributed by atoms with Crippen LogP contribution in [0.1, 0.15) is 12.5 Å². The van der Waals surface area contributed by atoms with Gasteiger partial charge < -0.3 is 4.84 Å². The molecule has 16 heavy (non-hydrogen) atoms. The minimum Gasteiger partial charge on any atom is -0.304 e. The van der Waals surface area contributed by atoms with Crippen molar-refractivity contribution in [2.24, 2.45) is 5.92 Å². The predicted molar refractivity (Wildman–Crippen MR) is 67.4 cm³/mol. The van der Waals surface area contributed by atoms with Crippen LogP contribution < -0.4 is 5.48 Å². The third-order valence-electron chi connectivity index (χ3n) is 2.35. The highest BCUT2D eigenvalue weighted by Crippen LogP contribution is 2.07. The Balaban J connectivity index is 2.68. The summed E-state index contributed by atoms with van der Waals surface area (Å²) in [4.78, 5) is 4.92. The van der Waals surface area contributed by atoms with Crippen molar-refractivity contribution in [1.82, 2.24) is 5.48 Å². The Hall–Kier alpha value is -1.56. The molecule has 1 aromatic rings. The molecule has 1 rings (SSSR count). The molecule has 84 valence electrons. The third-order valence-corrected chi connectivity index (χ3v) is 2.35. The van der Waals surface area contributed by atoms with Crippen LogP contribution in [-0.4, -0.2) is 13.2 Å². The number of rotatable bonds is 5. The van der Waals surface area contributed by atoms with Gasteiger partial charge in [0.25, 0.3) is 0 Å². The van der Waals surface area contributed by atoms with E-state index < -0.39 is 0 Å². The molecule has 0 fully saturated rings. The lowest BCUT2D eigenvalue weighted by Crippen LogP contribution is -2.31. The number of hydrogen-bond donors (Lipinski definition) is 1. The van der Waals surface area contributed by atoms with Gasteiger partial charge in [-0.05, 0) is 12.5 Å². The van der Waals surface area contributed by atoms with Gasteiger partial charge in [0.05, 0.1) is 13.2 Å².